The first-order valence-corrected chi connectivity index (χ1v) is 7.30. The third kappa shape index (κ3) is 6.43. The van der Waals surface area contributed by atoms with Gasteiger partial charge in [0.2, 0.25) is 0 Å². The summed E-state index contributed by atoms with van der Waals surface area (Å²) in [5.74, 6) is -0.961. The molecule has 0 amide bonds. The lowest BCUT2D eigenvalue weighted by Gasteiger charge is -2.06. The number of esters is 2. The Labute approximate surface area is 130 Å². The van der Waals surface area contributed by atoms with Crippen LogP contribution >= 0.6 is 0 Å². The number of carbonyl (C=O) groups is 2. The van der Waals surface area contributed by atoms with Crippen LogP contribution in [0.1, 0.15) is 43.0 Å². The van der Waals surface area contributed by atoms with Gasteiger partial charge in [0.1, 0.15) is 11.3 Å². The minimum atomic E-state index is -0.520. The van der Waals surface area contributed by atoms with Crippen LogP contribution in [-0.4, -0.2) is 30.3 Å². The Morgan fingerprint density at radius 1 is 1.05 bits per heavy atom. The summed E-state index contributed by atoms with van der Waals surface area (Å²) in [5.41, 5.74) is 0.574. The largest absolute Gasteiger partial charge is 0.507 e. The second kappa shape index (κ2) is 9.60. The minimum Gasteiger partial charge on any atom is -0.507 e. The summed E-state index contributed by atoms with van der Waals surface area (Å²) >= 11 is 0. The van der Waals surface area contributed by atoms with Gasteiger partial charge in [-0.15, -0.1) is 0 Å². The van der Waals surface area contributed by atoms with Crippen molar-refractivity contribution in [3.63, 3.8) is 0 Å². The van der Waals surface area contributed by atoms with E-state index in [1.165, 1.54) is 12.1 Å². The van der Waals surface area contributed by atoms with E-state index in [0.717, 1.165) is 25.7 Å². The van der Waals surface area contributed by atoms with E-state index in [1.807, 2.05) is 0 Å². The lowest BCUT2D eigenvalue weighted by atomic mass is 10.2. The monoisotopic (exact) mass is 306 g/mol. The number of ether oxygens (including phenoxy) is 2. The van der Waals surface area contributed by atoms with Crippen LogP contribution in [0.2, 0.25) is 0 Å². The molecule has 0 aliphatic rings. The third-order valence-corrected chi connectivity index (χ3v) is 2.98. The summed E-state index contributed by atoms with van der Waals surface area (Å²) in [7, 11) is 0. The number of para-hydroxylation sites is 1. The highest BCUT2D eigenvalue weighted by Crippen LogP contribution is 2.16. The summed E-state index contributed by atoms with van der Waals surface area (Å²) in [5, 5.41) is 9.52. The molecule has 1 N–H and O–H groups in total. The van der Waals surface area contributed by atoms with Gasteiger partial charge in [0, 0.05) is 5.57 Å². The second-order valence-electron chi connectivity index (χ2n) is 4.98. The summed E-state index contributed by atoms with van der Waals surface area (Å²) < 4.78 is 10.1. The predicted molar refractivity (Wildman–Crippen MR) is 82.6 cm³/mol. The zero-order chi connectivity index (χ0) is 16.4. The van der Waals surface area contributed by atoms with Gasteiger partial charge in [-0.05, 0) is 44.7 Å². The maximum atomic E-state index is 11.7. The van der Waals surface area contributed by atoms with Gasteiger partial charge < -0.3 is 14.6 Å². The first kappa shape index (κ1) is 17.8. The van der Waals surface area contributed by atoms with E-state index in [1.54, 1.807) is 19.1 Å². The van der Waals surface area contributed by atoms with Crippen molar-refractivity contribution in [3.8, 4) is 5.75 Å². The fraction of sp³-hybridized carbons (Fsp3) is 0.412. The van der Waals surface area contributed by atoms with Crippen molar-refractivity contribution >= 4 is 11.9 Å². The molecule has 5 heteroatoms. The number of hydrogen-bond acceptors (Lipinski definition) is 5. The lowest BCUT2D eigenvalue weighted by molar-refractivity contribution is -0.139. The molecule has 1 rings (SSSR count). The smallest absolute Gasteiger partial charge is 0.341 e. The number of phenolic OH excluding ortho intramolecular Hbond substituents is 1. The van der Waals surface area contributed by atoms with Gasteiger partial charge in [0.05, 0.1) is 13.2 Å². The summed E-state index contributed by atoms with van der Waals surface area (Å²) in [6.45, 7) is 5.80. The Bertz CT molecular complexity index is 522. The van der Waals surface area contributed by atoms with E-state index in [9.17, 15) is 14.7 Å². The number of benzene rings is 1. The molecule has 1 aromatic rings. The summed E-state index contributed by atoms with van der Waals surface area (Å²) in [6, 6.07) is 6.28. The number of hydrogen-bond donors (Lipinski definition) is 1. The van der Waals surface area contributed by atoms with E-state index >= 15 is 0 Å². The first-order valence-electron chi connectivity index (χ1n) is 7.30. The van der Waals surface area contributed by atoms with Gasteiger partial charge in [-0.1, -0.05) is 18.7 Å². The Morgan fingerprint density at radius 2 is 1.64 bits per heavy atom. The van der Waals surface area contributed by atoms with Crippen molar-refractivity contribution in [1.82, 2.24) is 0 Å². The van der Waals surface area contributed by atoms with Gasteiger partial charge in [-0.3, -0.25) is 0 Å². The fourth-order valence-corrected chi connectivity index (χ4v) is 1.73. The van der Waals surface area contributed by atoms with Crippen LogP contribution < -0.4 is 0 Å². The highest BCUT2D eigenvalue weighted by Gasteiger charge is 2.10. The molecular weight excluding hydrogens is 284 g/mol. The normalized spacial score (nSPS) is 10.0. The van der Waals surface area contributed by atoms with Gasteiger partial charge in [-0.2, -0.15) is 0 Å². The summed E-state index contributed by atoms with van der Waals surface area (Å²) in [6.07, 6.45) is 3.26. The van der Waals surface area contributed by atoms with Gasteiger partial charge in [0.15, 0.2) is 0 Å². The lowest BCUT2D eigenvalue weighted by Crippen LogP contribution is -2.07. The van der Waals surface area contributed by atoms with Crippen LogP contribution in [0.3, 0.4) is 0 Å². The molecule has 0 spiro atoms. The van der Waals surface area contributed by atoms with E-state index < -0.39 is 5.97 Å². The zero-order valence-electron chi connectivity index (χ0n) is 12.8. The second-order valence-corrected chi connectivity index (χ2v) is 4.98. The SMILES string of the molecule is C=C(C)C(=O)OCCCCCCOC(=O)c1ccccc1O. The standard InChI is InChI=1S/C17H22O5/c1-13(2)16(19)21-11-7-3-4-8-12-22-17(20)14-9-5-6-10-15(14)18/h5-6,9-10,18H,1,3-4,7-8,11-12H2,2H3. The highest BCUT2D eigenvalue weighted by molar-refractivity contribution is 5.92. The molecule has 0 saturated heterocycles. The molecule has 0 aliphatic carbocycles. The molecule has 22 heavy (non-hydrogen) atoms. The van der Waals surface area contributed by atoms with E-state index in [2.05, 4.69) is 6.58 Å². The molecule has 5 nitrogen and oxygen atoms in total. The Balaban J connectivity index is 2.06. The first-order chi connectivity index (χ1) is 10.5. The number of aromatic hydroxyl groups is 1. The maximum absolute atomic E-state index is 11.7. The molecule has 0 bridgehead atoms. The summed E-state index contributed by atoms with van der Waals surface area (Å²) in [4.78, 5) is 22.8. The number of unbranched alkanes of at least 4 members (excludes halogenated alkanes) is 3. The average Bonchev–Trinajstić information content (AvgIpc) is 2.49. The molecule has 0 aromatic heterocycles. The quantitative estimate of drug-likeness (QED) is 0.431. The van der Waals surface area contributed by atoms with Crippen molar-refractivity contribution in [1.29, 1.82) is 0 Å². The molecule has 0 saturated carbocycles. The van der Waals surface area contributed by atoms with Gasteiger partial charge in [-0.25, -0.2) is 9.59 Å². The van der Waals surface area contributed by atoms with E-state index in [-0.39, 0.29) is 17.3 Å². The number of rotatable bonds is 9. The molecule has 0 heterocycles. The predicted octanol–water partition coefficient (Wildman–Crippen LogP) is 3.23. The van der Waals surface area contributed by atoms with E-state index in [4.69, 9.17) is 9.47 Å². The third-order valence-electron chi connectivity index (χ3n) is 2.98. The molecule has 1 aromatic carbocycles. The Kier molecular flexibility index (Phi) is 7.75. The molecule has 0 aliphatic heterocycles. The van der Waals surface area contributed by atoms with Crippen molar-refractivity contribution in [2.75, 3.05) is 13.2 Å². The van der Waals surface area contributed by atoms with Crippen LogP contribution in [0.5, 0.6) is 5.75 Å². The Morgan fingerprint density at radius 3 is 2.23 bits per heavy atom. The minimum absolute atomic E-state index is 0.0770. The molecule has 0 unspecified atom stereocenters. The molecule has 0 fully saturated rings. The van der Waals surface area contributed by atoms with Crippen LogP contribution in [0, 0.1) is 0 Å². The maximum Gasteiger partial charge on any atom is 0.341 e. The van der Waals surface area contributed by atoms with Crippen LogP contribution in [0.4, 0.5) is 0 Å². The van der Waals surface area contributed by atoms with Gasteiger partial charge >= 0.3 is 11.9 Å². The Hall–Kier alpha value is -2.30. The van der Waals surface area contributed by atoms with Crippen LogP contribution in [0.15, 0.2) is 36.4 Å². The number of phenols is 1. The molecule has 0 radical (unpaired) electrons. The average molecular weight is 306 g/mol. The molecular formula is C17H22O5. The van der Waals surface area contributed by atoms with Gasteiger partial charge in [0.25, 0.3) is 0 Å². The topological polar surface area (TPSA) is 72.8 Å². The zero-order valence-corrected chi connectivity index (χ0v) is 12.8. The van der Waals surface area contributed by atoms with Crippen molar-refractivity contribution in [2.24, 2.45) is 0 Å². The van der Waals surface area contributed by atoms with Crippen LogP contribution in [-0.2, 0) is 14.3 Å². The molecule has 120 valence electrons. The van der Waals surface area contributed by atoms with Crippen LogP contribution in [0.25, 0.3) is 0 Å². The fourth-order valence-electron chi connectivity index (χ4n) is 1.73. The van der Waals surface area contributed by atoms with Crippen molar-refractivity contribution in [3.05, 3.63) is 42.0 Å². The van der Waals surface area contributed by atoms with E-state index in [0.29, 0.717) is 18.8 Å². The molecule has 0 atom stereocenters. The van der Waals surface area contributed by atoms with Crippen molar-refractivity contribution in [2.45, 2.75) is 32.6 Å². The van der Waals surface area contributed by atoms with Crippen molar-refractivity contribution < 1.29 is 24.2 Å². The number of carbonyl (C=O) groups excluding carboxylic acids is 2. The highest BCUT2D eigenvalue weighted by atomic mass is 16.5.